The van der Waals surface area contributed by atoms with Crippen LogP contribution in [0, 0.1) is 11.8 Å². The molecule has 1 aliphatic carbocycles. The first kappa shape index (κ1) is 15.0. The highest BCUT2D eigenvalue weighted by molar-refractivity contribution is 7.91. The molecule has 1 aromatic rings. The quantitative estimate of drug-likeness (QED) is 0.873. The second-order valence-corrected chi connectivity index (χ2v) is 8.51. The van der Waals surface area contributed by atoms with Gasteiger partial charge in [-0.1, -0.05) is 13.8 Å². The van der Waals surface area contributed by atoms with E-state index >= 15 is 0 Å². The zero-order chi connectivity index (χ0) is 14.0. The molecule has 3 atom stereocenters. The van der Waals surface area contributed by atoms with Crippen LogP contribution in [-0.4, -0.2) is 21.0 Å². The summed E-state index contributed by atoms with van der Waals surface area (Å²) >= 11 is 1.32. The normalized spacial score (nSPS) is 27.8. The van der Waals surface area contributed by atoms with Crippen LogP contribution < -0.4 is 10.5 Å². The number of sulfonamides is 1. The van der Waals surface area contributed by atoms with Crippen LogP contribution in [0.3, 0.4) is 0 Å². The lowest BCUT2D eigenvalue weighted by atomic mass is 9.98. The number of nitrogens with one attached hydrogen (secondary N) is 1. The van der Waals surface area contributed by atoms with Gasteiger partial charge < -0.3 is 5.73 Å². The molecule has 108 valence electrons. The summed E-state index contributed by atoms with van der Waals surface area (Å²) in [6.45, 7) is 4.85. The van der Waals surface area contributed by atoms with Crippen molar-refractivity contribution in [3.05, 3.63) is 17.0 Å². The van der Waals surface area contributed by atoms with E-state index in [4.69, 9.17) is 5.73 Å². The lowest BCUT2D eigenvalue weighted by molar-refractivity contribution is 0.402. The Morgan fingerprint density at radius 1 is 1.37 bits per heavy atom. The Morgan fingerprint density at radius 3 is 2.68 bits per heavy atom. The van der Waals surface area contributed by atoms with Crippen LogP contribution in [0.25, 0.3) is 0 Å². The van der Waals surface area contributed by atoms with Crippen molar-refractivity contribution in [2.24, 2.45) is 17.6 Å². The van der Waals surface area contributed by atoms with Gasteiger partial charge in [0, 0.05) is 10.9 Å². The van der Waals surface area contributed by atoms with Crippen LogP contribution >= 0.6 is 11.3 Å². The minimum Gasteiger partial charge on any atom is -0.330 e. The van der Waals surface area contributed by atoms with Crippen molar-refractivity contribution in [3.63, 3.8) is 0 Å². The highest BCUT2D eigenvalue weighted by Crippen LogP contribution is 2.32. The lowest BCUT2D eigenvalue weighted by Gasteiger charge is -2.19. The van der Waals surface area contributed by atoms with E-state index in [0.717, 1.165) is 24.1 Å². The van der Waals surface area contributed by atoms with E-state index in [9.17, 15) is 8.42 Å². The minimum absolute atomic E-state index is 0.0695. The van der Waals surface area contributed by atoms with Crippen molar-refractivity contribution >= 4 is 21.4 Å². The molecule has 0 bridgehead atoms. The van der Waals surface area contributed by atoms with Crippen molar-refractivity contribution < 1.29 is 8.42 Å². The molecule has 0 aromatic carbocycles. The van der Waals surface area contributed by atoms with Crippen LogP contribution in [0.5, 0.6) is 0 Å². The van der Waals surface area contributed by atoms with E-state index in [-0.39, 0.29) is 6.04 Å². The molecule has 0 spiro atoms. The van der Waals surface area contributed by atoms with Gasteiger partial charge in [-0.3, -0.25) is 0 Å². The summed E-state index contributed by atoms with van der Waals surface area (Å²) in [6, 6.07) is 3.61. The molecule has 1 aromatic heterocycles. The largest absolute Gasteiger partial charge is 0.330 e. The Hall–Kier alpha value is -0.430. The number of hydrogen-bond donors (Lipinski definition) is 2. The fraction of sp³-hybridized carbons (Fsp3) is 0.692. The number of nitrogens with two attached hydrogens (primary N) is 1. The van der Waals surface area contributed by atoms with Gasteiger partial charge in [0.15, 0.2) is 0 Å². The summed E-state index contributed by atoms with van der Waals surface area (Å²) in [5.41, 5.74) is 5.49. The van der Waals surface area contributed by atoms with E-state index in [0.29, 0.717) is 22.6 Å². The summed E-state index contributed by atoms with van der Waals surface area (Å²) in [5.74, 6) is 0.988. The van der Waals surface area contributed by atoms with E-state index in [1.165, 1.54) is 11.3 Å². The first-order valence-corrected chi connectivity index (χ1v) is 9.05. The van der Waals surface area contributed by atoms with Gasteiger partial charge in [0.1, 0.15) is 4.21 Å². The van der Waals surface area contributed by atoms with Gasteiger partial charge in [0.25, 0.3) is 0 Å². The third-order valence-electron chi connectivity index (χ3n) is 4.06. The maximum absolute atomic E-state index is 12.3. The third kappa shape index (κ3) is 3.37. The van der Waals surface area contributed by atoms with Crippen LogP contribution in [0.2, 0.25) is 0 Å². The van der Waals surface area contributed by atoms with E-state index < -0.39 is 10.0 Å². The molecule has 0 amide bonds. The Labute approximate surface area is 119 Å². The van der Waals surface area contributed by atoms with Gasteiger partial charge >= 0.3 is 0 Å². The third-order valence-corrected chi connectivity index (χ3v) is 7.19. The zero-order valence-electron chi connectivity index (χ0n) is 11.4. The molecule has 1 heterocycles. The summed E-state index contributed by atoms with van der Waals surface area (Å²) in [5, 5.41) is 0. The van der Waals surface area contributed by atoms with E-state index in [1.54, 1.807) is 6.07 Å². The maximum Gasteiger partial charge on any atom is 0.250 e. The Bertz CT molecular complexity index is 525. The first-order chi connectivity index (χ1) is 8.94. The average Bonchev–Trinajstić information content (AvgIpc) is 2.92. The van der Waals surface area contributed by atoms with Gasteiger partial charge in [-0.2, -0.15) is 0 Å². The van der Waals surface area contributed by atoms with Crippen molar-refractivity contribution in [2.45, 2.75) is 43.4 Å². The molecule has 1 fully saturated rings. The van der Waals surface area contributed by atoms with Crippen LogP contribution in [-0.2, 0) is 16.4 Å². The molecule has 4 nitrogen and oxygen atoms in total. The minimum atomic E-state index is -3.37. The summed E-state index contributed by atoms with van der Waals surface area (Å²) in [4.78, 5) is 1.02. The molecule has 3 unspecified atom stereocenters. The van der Waals surface area contributed by atoms with E-state index in [1.807, 2.05) is 6.07 Å². The molecule has 6 heteroatoms. The predicted molar refractivity (Wildman–Crippen MR) is 78.7 cm³/mol. The Balaban J connectivity index is 2.09. The van der Waals surface area contributed by atoms with Crippen molar-refractivity contribution in [1.29, 1.82) is 0 Å². The van der Waals surface area contributed by atoms with Crippen molar-refractivity contribution in [2.75, 3.05) is 6.54 Å². The standard InChI is InChI=1S/C13H22N2O2S2/c1-9-3-5-12(10(9)2)15-19(16,17)13-6-4-11(18-13)7-8-14/h4,6,9-10,12,15H,3,5,7-8,14H2,1-2H3. The molecule has 0 saturated heterocycles. The average molecular weight is 302 g/mol. The van der Waals surface area contributed by atoms with Gasteiger partial charge in [-0.15, -0.1) is 11.3 Å². The molecular weight excluding hydrogens is 280 g/mol. The fourth-order valence-electron chi connectivity index (χ4n) is 2.57. The van der Waals surface area contributed by atoms with Gasteiger partial charge in [-0.05, 0) is 49.8 Å². The van der Waals surface area contributed by atoms with Crippen LogP contribution in [0.4, 0.5) is 0 Å². The lowest BCUT2D eigenvalue weighted by Crippen LogP contribution is -2.36. The summed E-state index contributed by atoms with van der Waals surface area (Å²) in [7, 11) is -3.37. The molecule has 19 heavy (non-hydrogen) atoms. The highest BCUT2D eigenvalue weighted by Gasteiger charge is 2.33. The Morgan fingerprint density at radius 2 is 2.11 bits per heavy atom. The second-order valence-electron chi connectivity index (χ2n) is 5.40. The number of thiophene rings is 1. The molecule has 0 radical (unpaired) electrons. The van der Waals surface area contributed by atoms with Gasteiger partial charge in [0.05, 0.1) is 0 Å². The molecular formula is C13H22N2O2S2. The maximum atomic E-state index is 12.3. The number of rotatable bonds is 5. The first-order valence-electron chi connectivity index (χ1n) is 6.75. The molecule has 1 aliphatic rings. The van der Waals surface area contributed by atoms with Gasteiger partial charge in [0.2, 0.25) is 10.0 Å². The van der Waals surface area contributed by atoms with Crippen LogP contribution in [0.1, 0.15) is 31.6 Å². The molecule has 2 rings (SSSR count). The Kier molecular flexibility index (Phi) is 4.66. The fourth-order valence-corrected chi connectivity index (χ4v) is 5.32. The zero-order valence-corrected chi connectivity index (χ0v) is 13.1. The van der Waals surface area contributed by atoms with Crippen molar-refractivity contribution in [1.82, 2.24) is 4.72 Å². The molecule has 0 aliphatic heterocycles. The topological polar surface area (TPSA) is 72.2 Å². The monoisotopic (exact) mass is 302 g/mol. The van der Waals surface area contributed by atoms with E-state index in [2.05, 4.69) is 18.6 Å². The summed E-state index contributed by atoms with van der Waals surface area (Å²) < 4.78 is 27.9. The molecule has 3 N–H and O–H groups in total. The summed E-state index contributed by atoms with van der Waals surface area (Å²) in [6.07, 6.45) is 2.76. The second kappa shape index (κ2) is 5.91. The van der Waals surface area contributed by atoms with Gasteiger partial charge in [-0.25, -0.2) is 13.1 Å². The molecule has 1 saturated carbocycles. The highest BCUT2D eigenvalue weighted by atomic mass is 32.2. The SMILES string of the molecule is CC1CCC(NS(=O)(=O)c2ccc(CCN)s2)C1C. The van der Waals surface area contributed by atoms with Crippen LogP contribution in [0.15, 0.2) is 16.3 Å². The number of hydrogen-bond acceptors (Lipinski definition) is 4. The van der Waals surface area contributed by atoms with Crippen molar-refractivity contribution in [3.8, 4) is 0 Å². The smallest absolute Gasteiger partial charge is 0.250 e. The predicted octanol–water partition coefficient (Wildman–Crippen LogP) is 1.96.